The first-order valence-electron chi connectivity index (χ1n) is 6.36. The molecule has 0 aromatic heterocycles. The highest BCUT2D eigenvalue weighted by molar-refractivity contribution is 5.96. The molecule has 21 heavy (non-hydrogen) atoms. The predicted molar refractivity (Wildman–Crippen MR) is 69.2 cm³/mol. The number of anilines is 1. The Labute approximate surface area is 119 Å². The van der Waals surface area contributed by atoms with E-state index < -0.39 is 18.8 Å². The summed E-state index contributed by atoms with van der Waals surface area (Å²) >= 11 is 0. The molecular weight excluding hydrogens is 289 g/mol. The lowest BCUT2D eigenvalue weighted by atomic mass is 10.2. The molecule has 0 saturated carbocycles. The number of amides is 1. The van der Waals surface area contributed by atoms with Gasteiger partial charge in [0.05, 0.1) is 18.9 Å². The third-order valence-corrected chi connectivity index (χ3v) is 2.77. The summed E-state index contributed by atoms with van der Waals surface area (Å²) in [4.78, 5) is 12.0. The van der Waals surface area contributed by atoms with E-state index >= 15 is 0 Å². The number of benzene rings is 1. The van der Waals surface area contributed by atoms with Crippen LogP contribution < -0.4 is 15.4 Å². The SMILES string of the molecule is O=C(Nc1ccccc1OCC(F)(F)F)C1COCCN1. The quantitative estimate of drug-likeness (QED) is 0.886. The van der Waals surface area contributed by atoms with Crippen LogP contribution in [-0.4, -0.2) is 44.5 Å². The van der Waals surface area contributed by atoms with E-state index in [0.29, 0.717) is 13.2 Å². The average Bonchev–Trinajstić information content (AvgIpc) is 2.46. The van der Waals surface area contributed by atoms with Crippen LogP contribution in [0.3, 0.4) is 0 Å². The summed E-state index contributed by atoms with van der Waals surface area (Å²) in [6.45, 7) is -0.124. The second-order valence-electron chi connectivity index (χ2n) is 4.47. The van der Waals surface area contributed by atoms with Crippen LogP contribution in [0.1, 0.15) is 0 Å². The molecule has 1 fully saturated rings. The Morgan fingerprint density at radius 3 is 2.86 bits per heavy atom. The topological polar surface area (TPSA) is 59.6 Å². The third kappa shape index (κ3) is 4.91. The molecule has 0 spiro atoms. The first-order chi connectivity index (χ1) is 9.96. The van der Waals surface area contributed by atoms with Crippen molar-refractivity contribution in [2.45, 2.75) is 12.2 Å². The Bertz CT molecular complexity index is 488. The maximum Gasteiger partial charge on any atom is 0.422 e. The van der Waals surface area contributed by atoms with Crippen LogP contribution in [0, 0.1) is 0 Å². The number of morpholine rings is 1. The molecule has 0 radical (unpaired) electrons. The summed E-state index contributed by atoms with van der Waals surface area (Å²) < 4.78 is 46.4. The van der Waals surface area contributed by atoms with E-state index in [2.05, 4.69) is 10.6 Å². The fraction of sp³-hybridized carbons (Fsp3) is 0.462. The van der Waals surface area contributed by atoms with Gasteiger partial charge in [0, 0.05) is 6.54 Å². The average molecular weight is 304 g/mol. The largest absolute Gasteiger partial charge is 0.482 e. The van der Waals surface area contributed by atoms with Crippen LogP contribution in [0.15, 0.2) is 24.3 Å². The number of nitrogens with one attached hydrogen (secondary N) is 2. The van der Waals surface area contributed by atoms with Gasteiger partial charge in [-0.25, -0.2) is 0 Å². The minimum Gasteiger partial charge on any atom is -0.482 e. The number of carbonyl (C=O) groups is 1. The number of hydrogen-bond donors (Lipinski definition) is 2. The highest BCUT2D eigenvalue weighted by Gasteiger charge is 2.29. The first-order valence-corrected chi connectivity index (χ1v) is 6.36. The van der Waals surface area contributed by atoms with Crippen LogP contribution in [0.4, 0.5) is 18.9 Å². The Kier molecular flexibility index (Phi) is 5.03. The van der Waals surface area contributed by atoms with E-state index in [9.17, 15) is 18.0 Å². The summed E-state index contributed by atoms with van der Waals surface area (Å²) in [5.41, 5.74) is 0.194. The Morgan fingerprint density at radius 2 is 2.19 bits per heavy atom. The maximum absolute atomic E-state index is 12.2. The van der Waals surface area contributed by atoms with Gasteiger partial charge in [0.1, 0.15) is 11.8 Å². The summed E-state index contributed by atoms with van der Waals surface area (Å²) in [5, 5.41) is 5.50. The Morgan fingerprint density at radius 1 is 1.43 bits per heavy atom. The molecule has 8 heteroatoms. The van der Waals surface area contributed by atoms with Gasteiger partial charge in [-0.05, 0) is 12.1 Å². The lowest BCUT2D eigenvalue weighted by Crippen LogP contribution is -2.48. The number of halogens is 3. The van der Waals surface area contributed by atoms with Gasteiger partial charge >= 0.3 is 6.18 Å². The van der Waals surface area contributed by atoms with Gasteiger partial charge in [0.2, 0.25) is 5.91 Å². The molecule has 1 aliphatic rings. The lowest BCUT2D eigenvalue weighted by molar-refractivity contribution is -0.153. The predicted octanol–water partition coefficient (Wildman–Crippen LogP) is 1.55. The Balaban J connectivity index is 2.00. The molecule has 1 unspecified atom stereocenters. The van der Waals surface area contributed by atoms with Gasteiger partial charge < -0.3 is 20.1 Å². The van der Waals surface area contributed by atoms with E-state index in [1.54, 1.807) is 6.07 Å². The third-order valence-electron chi connectivity index (χ3n) is 2.77. The minimum absolute atomic E-state index is 0.0279. The van der Waals surface area contributed by atoms with Gasteiger partial charge in [-0.15, -0.1) is 0 Å². The van der Waals surface area contributed by atoms with E-state index in [-0.39, 0.29) is 24.0 Å². The molecule has 1 aliphatic heterocycles. The van der Waals surface area contributed by atoms with Crippen LogP contribution >= 0.6 is 0 Å². The monoisotopic (exact) mass is 304 g/mol. The fourth-order valence-electron chi connectivity index (χ4n) is 1.81. The normalized spacial score (nSPS) is 19.1. The van der Waals surface area contributed by atoms with Gasteiger partial charge in [0.15, 0.2) is 6.61 Å². The lowest BCUT2D eigenvalue weighted by Gasteiger charge is -2.23. The molecule has 2 N–H and O–H groups in total. The standard InChI is InChI=1S/C13H15F3N2O3/c14-13(15,16)8-21-11-4-2-1-3-9(11)18-12(19)10-7-20-6-5-17-10/h1-4,10,17H,5-8H2,(H,18,19). The van der Waals surface area contributed by atoms with Crippen molar-refractivity contribution in [3.63, 3.8) is 0 Å². The van der Waals surface area contributed by atoms with Crippen molar-refractivity contribution >= 4 is 11.6 Å². The van der Waals surface area contributed by atoms with Gasteiger partial charge in [-0.1, -0.05) is 12.1 Å². The minimum atomic E-state index is -4.43. The van der Waals surface area contributed by atoms with Crippen molar-refractivity contribution in [3.05, 3.63) is 24.3 Å². The van der Waals surface area contributed by atoms with Crippen molar-refractivity contribution < 1.29 is 27.4 Å². The van der Waals surface area contributed by atoms with Crippen LogP contribution in [0.5, 0.6) is 5.75 Å². The van der Waals surface area contributed by atoms with Crippen molar-refractivity contribution in [2.75, 3.05) is 31.7 Å². The van der Waals surface area contributed by atoms with Crippen LogP contribution in [0.2, 0.25) is 0 Å². The first kappa shape index (κ1) is 15.6. The summed E-state index contributed by atoms with van der Waals surface area (Å²) in [6.07, 6.45) is -4.43. The molecule has 1 aromatic carbocycles. The molecule has 5 nitrogen and oxygen atoms in total. The summed E-state index contributed by atoms with van der Waals surface area (Å²) in [7, 11) is 0. The zero-order valence-electron chi connectivity index (χ0n) is 11.1. The number of hydrogen-bond acceptors (Lipinski definition) is 4. The number of carbonyl (C=O) groups excluding carboxylic acids is 1. The maximum atomic E-state index is 12.2. The molecule has 1 heterocycles. The van der Waals surface area contributed by atoms with Gasteiger partial charge in [0.25, 0.3) is 0 Å². The molecule has 1 atom stereocenters. The second kappa shape index (κ2) is 6.77. The fourth-order valence-corrected chi connectivity index (χ4v) is 1.81. The number of alkyl halides is 3. The highest BCUT2D eigenvalue weighted by atomic mass is 19.4. The van der Waals surface area contributed by atoms with Crippen molar-refractivity contribution in [1.82, 2.24) is 5.32 Å². The van der Waals surface area contributed by atoms with Crippen molar-refractivity contribution in [2.24, 2.45) is 0 Å². The van der Waals surface area contributed by atoms with Crippen molar-refractivity contribution in [1.29, 1.82) is 0 Å². The molecule has 0 bridgehead atoms. The zero-order valence-corrected chi connectivity index (χ0v) is 11.1. The molecule has 1 aromatic rings. The molecule has 0 aliphatic carbocycles. The second-order valence-corrected chi connectivity index (χ2v) is 4.47. The van der Waals surface area contributed by atoms with E-state index in [0.717, 1.165) is 0 Å². The number of ether oxygens (including phenoxy) is 2. The van der Waals surface area contributed by atoms with Crippen LogP contribution in [-0.2, 0) is 9.53 Å². The van der Waals surface area contributed by atoms with Gasteiger partial charge in [-0.2, -0.15) is 13.2 Å². The van der Waals surface area contributed by atoms with Gasteiger partial charge in [-0.3, -0.25) is 4.79 Å². The number of para-hydroxylation sites is 2. The van der Waals surface area contributed by atoms with E-state index in [1.807, 2.05) is 0 Å². The van der Waals surface area contributed by atoms with Crippen molar-refractivity contribution in [3.8, 4) is 5.75 Å². The molecule has 116 valence electrons. The number of rotatable bonds is 4. The summed E-state index contributed by atoms with van der Waals surface area (Å²) in [5.74, 6) is -0.405. The Hall–Kier alpha value is -1.80. The van der Waals surface area contributed by atoms with E-state index in [1.165, 1.54) is 18.2 Å². The highest BCUT2D eigenvalue weighted by Crippen LogP contribution is 2.26. The smallest absolute Gasteiger partial charge is 0.422 e. The van der Waals surface area contributed by atoms with Crippen LogP contribution in [0.25, 0.3) is 0 Å². The van der Waals surface area contributed by atoms with E-state index in [4.69, 9.17) is 9.47 Å². The molecule has 1 saturated heterocycles. The molecular formula is C13H15F3N2O3. The summed E-state index contributed by atoms with van der Waals surface area (Å²) in [6, 6.07) is 5.44. The zero-order chi connectivity index (χ0) is 15.3. The molecule has 2 rings (SSSR count). The molecule has 1 amide bonds.